The Kier molecular flexibility index (Phi) is 4.02. The third-order valence-electron chi connectivity index (χ3n) is 3.35. The largest absolute Gasteiger partial charge is 0.415 e. The van der Waals surface area contributed by atoms with E-state index in [1.54, 1.807) is 0 Å². The van der Waals surface area contributed by atoms with Crippen LogP contribution in [0.3, 0.4) is 0 Å². The van der Waals surface area contributed by atoms with E-state index in [1.807, 2.05) is 10.9 Å². The first kappa shape index (κ1) is 13.5. The maximum absolute atomic E-state index is 6.09. The quantitative estimate of drug-likeness (QED) is 0.736. The fourth-order valence-corrected chi connectivity index (χ4v) is 2.23. The summed E-state index contributed by atoms with van der Waals surface area (Å²) in [5.74, 6) is 0. The molecule has 1 rings (SSSR count). The van der Waals surface area contributed by atoms with Crippen molar-refractivity contribution in [2.75, 3.05) is 6.61 Å². The predicted molar refractivity (Wildman–Crippen MR) is 73.6 cm³/mol. The van der Waals surface area contributed by atoms with Crippen molar-refractivity contribution in [3.63, 3.8) is 0 Å². The van der Waals surface area contributed by atoms with Gasteiger partial charge in [0.05, 0.1) is 13.2 Å². The number of nitrogens with zero attached hydrogens (tertiary/aromatic N) is 2. The van der Waals surface area contributed by atoms with Crippen molar-refractivity contribution in [3.05, 3.63) is 12.4 Å². The Morgan fingerprint density at radius 3 is 2.50 bits per heavy atom. The van der Waals surface area contributed by atoms with Gasteiger partial charge in [-0.2, -0.15) is 5.10 Å². The normalized spacial score (nSPS) is 13.1. The minimum Gasteiger partial charge on any atom is -0.415 e. The topological polar surface area (TPSA) is 27.1 Å². The second kappa shape index (κ2) is 4.75. The molecule has 0 radical (unpaired) electrons. The number of hydrogen-bond acceptors (Lipinski definition) is 2. The summed E-state index contributed by atoms with van der Waals surface area (Å²) in [5, 5.41) is 4.53. The molecule has 1 aromatic heterocycles. The molecular formula is C11H23BN2OSi. The van der Waals surface area contributed by atoms with Gasteiger partial charge >= 0.3 is 0 Å². The summed E-state index contributed by atoms with van der Waals surface area (Å²) in [6.07, 6.45) is 3.93. The molecule has 1 heterocycles. The van der Waals surface area contributed by atoms with E-state index in [0.717, 1.165) is 13.2 Å². The fraction of sp³-hybridized carbons (Fsp3) is 0.727. The maximum atomic E-state index is 6.09. The predicted octanol–water partition coefficient (Wildman–Crippen LogP) is 1.16. The van der Waals surface area contributed by atoms with Crippen molar-refractivity contribution in [1.82, 2.24) is 9.78 Å². The molecule has 0 unspecified atom stereocenters. The molecule has 1 aromatic rings. The molecule has 0 amide bonds. The molecule has 0 atom stereocenters. The van der Waals surface area contributed by atoms with Crippen LogP contribution in [0, 0.1) is 0 Å². The van der Waals surface area contributed by atoms with Crippen molar-refractivity contribution < 1.29 is 4.43 Å². The third-order valence-corrected chi connectivity index (χ3v) is 7.89. The Bertz CT molecular complexity index is 344. The van der Waals surface area contributed by atoms with Crippen LogP contribution in [0.2, 0.25) is 18.1 Å². The van der Waals surface area contributed by atoms with Crippen molar-refractivity contribution in [3.8, 4) is 0 Å². The molecule has 0 spiro atoms. The van der Waals surface area contributed by atoms with Crippen LogP contribution in [0.15, 0.2) is 12.4 Å². The van der Waals surface area contributed by atoms with Crippen LogP contribution in [-0.2, 0) is 11.0 Å². The molecule has 3 nitrogen and oxygen atoms in total. The Morgan fingerprint density at radius 1 is 1.44 bits per heavy atom. The minimum atomic E-state index is -1.59. The second-order valence-electron chi connectivity index (χ2n) is 5.89. The van der Waals surface area contributed by atoms with E-state index < -0.39 is 8.32 Å². The highest BCUT2D eigenvalue weighted by Crippen LogP contribution is 2.36. The van der Waals surface area contributed by atoms with Crippen LogP contribution >= 0.6 is 0 Å². The zero-order valence-electron chi connectivity index (χ0n) is 11.4. The molecule has 0 N–H and O–H groups in total. The van der Waals surface area contributed by atoms with Crippen LogP contribution in [0.5, 0.6) is 0 Å². The number of hydrogen-bond donors (Lipinski definition) is 0. The Balaban J connectivity index is 2.41. The monoisotopic (exact) mass is 238 g/mol. The first-order valence-electron chi connectivity index (χ1n) is 5.85. The van der Waals surface area contributed by atoms with Gasteiger partial charge in [0.15, 0.2) is 8.32 Å². The molecule has 0 saturated heterocycles. The second-order valence-corrected chi connectivity index (χ2v) is 10.7. The van der Waals surface area contributed by atoms with Gasteiger partial charge in [-0.05, 0) is 18.1 Å². The molecule has 0 aromatic carbocycles. The first-order valence-corrected chi connectivity index (χ1v) is 8.76. The lowest BCUT2D eigenvalue weighted by Crippen LogP contribution is -2.41. The smallest absolute Gasteiger partial charge is 0.192 e. The summed E-state index contributed by atoms with van der Waals surface area (Å²) >= 11 is 0. The lowest BCUT2D eigenvalue weighted by molar-refractivity contribution is 0.266. The van der Waals surface area contributed by atoms with E-state index in [-0.39, 0.29) is 5.04 Å². The highest BCUT2D eigenvalue weighted by Gasteiger charge is 2.36. The standard InChI is InChI=1S/C11H23BN2OSi/c1-11(2,3)16(4,5)15-7-6-14-9-10(12)8-13-14/h8-9H,6-7,12H2,1-5H3. The van der Waals surface area contributed by atoms with E-state index >= 15 is 0 Å². The summed E-state index contributed by atoms with van der Waals surface area (Å²) < 4.78 is 8.03. The van der Waals surface area contributed by atoms with Gasteiger partial charge in [-0.1, -0.05) is 26.2 Å². The van der Waals surface area contributed by atoms with Crippen LogP contribution in [0.1, 0.15) is 20.8 Å². The van der Waals surface area contributed by atoms with Crippen molar-refractivity contribution in [1.29, 1.82) is 0 Å². The maximum Gasteiger partial charge on any atom is 0.192 e. The molecule has 16 heavy (non-hydrogen) atoms. The van der Waals surface area contributed by atoms with Gasteiger partial charge in [0.25, 0.3) is 0 Å². The molecule has 0 bridgehead atoms. The van der Waals surface area contributed by atoms with E-state index in [9.17, 15) is 0 Å². The lowest BCUT2D eigenvalue weighted by Gasteiger charge is -2.36. The van der Waals surface area contributed by atoms with Gasteiger partial charge in [0, 0.05) is 12.4 Å². The SMILES string of the molecule is Bc1cnn(CCO[Si](C)(C)C(C)(C)C)c1. The van der Waals surface area contributed by atoms with E-state index in [4.69, 9.17) is 4.43 Å². The van der Waals surface area contributed by atoms with Crippen LogP contribution < -0.4 is 5.46 Å². The van der Waals surface area contributed by atoms with Crippen LogP contribution in [-0.4, -0.2) is 32.6 Å². The van der Waals surface area contributed by atoms with Crippen molar-refractivity contribution in [2.45, 2.75) is 45.4 Å². The van der Waals surface area contributed by atoms with Crippen LogP contribution in [0.25, 0.3) is 0 Å². The Hall–Kier alpha value is -0.548. The summed E-state index contributed by atoms with van der Waals surface area (Å²) in [4.78, 5) is 0. The molecule has 90 valence electrons. The molecule has 0 saturated carbocycles. The average Bonchev–Trinajstić information content (AvgIpc) is 2.49. The lowest BCUT2D eigenvalue weighted by atomic mass is 10.0. The minimum absolute atomic E-state index is 0.285. The Labute approximate surface area is 101 Å². The van der Waals surface area contributed by atoms with Crippen molar-refractivity contribution in [2.24, 2.45) is 0 Å². The number of aromatic nitrogens is 2. The summed E-state index contributed by atoms with van der Waals surface area (Å²) in [5.41, 5.74) is 1.20. The van der Waals surface area contributed by atoms with Gasteiger partial charge in [-0.15, -0.1) is 0 Å². The van der Waals surface area contributed by atoms with E-state index in [2.05, 4.69) is 53.0 Å². The molecule has 0 aliphatic rings. The first-order chi connectivity index (χ1) is 7.22. The van der Waals surface area contributed by atoms with Gasteiger partial charge < -0.3 is 4.43 Å². The van der Waals surface area contributed by atoms with Gasteiger partial charge in [-0.25, -0.2) is 0 Å². The molecule has 0 aliphatic heterocycles. The molecule has 5 heteroatoms. The highest BCUT2D eigenvalue weighted by atomic mass is 28.4. The summed E-state index contributed by atoms with van der Waals surface area (Å²) in [6.45, 7) is 13.0. The van der Waals surface area contributed by atoms with Gasteiger partial charge in [0.2, 0.25) is 0 Å². The molecular weight excluding hydrogens is 215 g/mol. The van der Waals surface area contributed by atoms with Crippen LogP contribution in [0.4, 0.5) is 0 Å². The zero-order chi connectivity index (χ0) is 12.4. The highest BCUT2D eigenvalue weighted by molar-refractivity contribution is 6.74. The number of rotatable bonds is 4. The molecule has 0 fully saturated rings. The van der Waals surface area contributed by atoms with Gasteiger partial charge in [0.1, 0.15) is 7.85 Å². The fourth-order valence-electron chi connectivity index (χ4n) is 1.20. The van der Waals surface area contributed by atoms with Gasteiger partial charge in [-0.3, -0.25) is 4.68 Å². The Morgan fingerprint density at radius 2 is 2.06 bits per heavy atom. The summed E-state index contributed by atoms with van der Waals surface area (Å²) in [6, 6.07) is 0. The average molecular weight is 238 g/mol. The summed E-state index contributed by atoms with van der Waals surface area (Å²) in [7, 11) is 0.461. The zero-order valence-corrected chi connectivity index (χ0v) is 12.4. The van der Waals surface area contributed by atoms with E-state index in [0.29, 0.717) is 0 Å². The molecule has 0 aliphatic carbocycles. The van der Waals surface area contributed by atoms with E-state index in [1.165, 1.54) is 5.46 Å². The van der Waals surface area contributed by atoms with Crippen molar-refractivity contribution >= 4 is 21.6 Å². The third kappa shape index (κ3) is 3.49.